The molecule has 7 nitrogen and oxygen atoms in total. The Balaban J connectivity index is 1.33. The number of benzene rings is 1. The minimum absolute atomic E-state index is 0.0120. The van der Waals surface area contributed by atoms with Crippen molar-refractivity contribution in [1.29, 1.82) is 5.26 Å². The standard InChI is InChI=1S/C20H22N4O3/c21-12-14-1-3-17(4-2-14)20(25)24-8-5-15(13-24)11-18-22-19(27-23-18)16-6-9-26-10-7-16/h1-4,15-16H,5-11,13H2. The van der Waals surface area contributed by atoms with Crippen LogP contribution in [0.5, 0.6) is 0 Å². The number of carbonyl (C=O) groups excluding carboxylic acids is 1. The van der Waals surface area contributed by atoms with Gasteiger partial charge in [-0.1, -0.05) is 5.16 Å². The number of likely N-dealkylation sites (tertiary alicyclic amines) is 1. The zero-order chi connectivity index (χ0) is 18.6. The van der Waals surface area contributed by atoms with Gasteiger partial charge >= 0.3 is 0 Å². The lowest BCUT2D eigenvalue weighted by molar-refractivity contribution is 0.0778. The third-order valence-electron chi connectivity index (χ3n) is 5.36. The number of aromatic nitrogens is 2. The van der Waals surface area contributed by atoms with Crippen LogP contribution in [0.1, 0.15) is 52.8 Å². The van der Waals surface area contributed by atoms with E-state index in [1.165, 1.54) is 0 Å². The molecule has 1 aromatic heterocycles. The number of carbonyl (C=O) groups is 1. The van der Waals surface area contributed by atoms with Gasteiger partial charge < -0.3 is 14.2 Å². The Morgan fingerprint density at radius 1 is 1.22 bits per heavy atom. The van der Waals surface area contributed by atoms with E-state index in [-0.39, 0.29) is 5.91 Å². The van der Waals surface area contributed by atoms with Crippen molar-refractivity contribution < 1.29 is 14.1 Å². The Hall–Kier alpha value is -2.72. The second-order valence-electron chi connectivity index (χ2n) is 7.23. The number of ether oxygens (including phenoxy) is 1. The van der Waals surface area contributed by atoms with Crippen molar-refractivity contribution in [3.63, 3.8) is 0 Å². The molecule has 0 bridgehead atoms. The van der Waals surface area contributed by atoms with E-state index in [1.54, 1.807) is 24.3 Å². The maximum Gasteiger partial charge on any atom is 0.253 e. The van der Waals surface area contributed by atoms with Crippen molar-refractivity contribution in [2.45, 2.75) is 31.6 Å². The highest BCUT2D eigenvalue weighted by Gasteiger charge is 2.29. The Labute approximate surface area is 157 Å². The van der Waals surface area contributed by atoms with Crippen LogP contribution in [0.15, 0.2) is 28.8 Å². The molecule has 0 radical (unpaired) electrons. The summed E-state index contributed by atoms with van der Waals surface area (Å²) in [5.41, 5.74) is 1.18. The van der Waals surface area contributed by atoms with Gasteiger partial charge in [0.05, 0.1) is 11.6 Å². The second kappa shape index (κ2) is 7.89. The van der Waals surface area contributed by atoms with Crippen LogP contribution in [0.2, 0.25) is 0 Å². The predicted molar refractivity (Wildman–Crippen MR) is 96.0 cm³/mol. The topological polar surface area (TPSA) is 92.2 Å². The molecule has 1 aromatic carbocycles. The Morgan fingerprint density at radius 3 is 2.74 bits per heavy atom. The maximum atomic E-state index is 12.6. The summed E-state index contributed by atoms with van der Waals surface area (Å²) in [6.07, 6.45) is 3.52. The molecule has 3 heterocycles. The van der Waals surface area contributed by atoms with Gasteiger partial charge in [-0.15, -0.1) is 0 Å². The number of hydrogen-bond donors (Lipinski definition) is 0. The van der Waals surface area contributed by atoms with Gasteiger partial charge in [0.1, 0.15) is 0 Å². The number of amides is 1. The molecule has 1 atom stereocenters. The van der Waals surface area contributed by atoms with Crippen molar-refractivity contribution in [3.05, 3.63) is 47.1 Å². The molecule has 2 aliphatic rings. The molecule has 0 spiro atoms. The zero-order valence-corrected chi connectivity index (χ0v) is 15.1. The highest BCUT2D eigenvalue weighted by atomic mass is 16.5. The van der Waals surface area contributed by atoms with Gasteiger partial charge in [-0.25, -0.2) is 0 Å². The molecule has 27 heavy (non-hydrogen) atoms. The average Bonchev–Trinajstić information content (AvgIpc) is 3.38. The molecule has 0 aliphatic carbocycles. The average molecular weight is 366 g/mol. The molecule has 2 fully saturated rings. The van der Waals surface area contributed by atoms with E-state index in [2.05, 4.69) is 16.2 Å². The molecule has 4 rings (SSSR count). The van der Waals surface area contributed by atoms with E-state index >= 15 is 0 Å². The van der Waals surface area contributed by atoms with Crippen LogP contribution in [0, 0.1) is 17.2 Å². The van der Waals surface area contributed by atoms with E-state index in [0.29, 0.717) is 29.5 Å². The fraction of sp³-hybridized carbons (Fsp3) is 0.500. The van der Waals surface area contributed by atoms with Crippen molar-refractivity contribution in [3.8, 4) is 6.07 Å². The Kier molecular flexibility index (Phi) is 5.16. The zero-order valence-electron chi connectivity index (χ0n) is 15.1. The Bertz CT molecular complexity index is 834. The molecular weight excluding hydrogens is 344 g/mol. The summed E-state index contributed by atoms with van der Waals surface area (Å²) < 4.78 is 10.8. The van der Waals surface area contributed by atoms with E-state index < -0.39 is 0 Å². The van der Waals surface area contributed by atoms with Gasteiger partial charge in [-0.2, -0.15) is 10.2 Å². The molecule has 2 aromatic rings. The van der Waals surface area contributed by atoms with E-state index in [0.717, 1.165) is 57.2 Å². The molecule has 1 amide bonds. The number of nitriles is 1. The maximum absolute atomic E-state index is 12.6. The third kappa shape index (κ3) is 4.01. The van der Waals surface area contributed by atoms with E-state index in [9.17, 15) is 4.79 Å². The fourth-order valence-corrected chi connectivity index (χ4v) is 3.77. The molecule has 140 valence electrons. The number of hydrogen-bond acceptors (Lipinski definition) is 6. The quantitative estimate of drug-likeness (QED) is 0.826. The molecule has 1 unspecified atom stereocenters. The van der Waals surface area contributed by atoms with Gasteiger partial charge in [0.2, 0.25) is 5.89 Å². The summed E-state index contributed by atoms with van der Waals surface area (Å²) in [5.74, 6) is 2.11. The highest BCUT2D eigenvalue weighted by Crippen LogP contribution is 2.27. The Morgan fingerprint density at radius 2 is 2.00 bits per heavy atom. The summed E-state index contributed by atoms with van der Waals surface area (Å²) in [5, 5.41) is 13.0. The van der Waals surface area contributed by atoms with Crippen molar-refractivity contribution >= 4 is 5.91 Å². The minimum Gasteiger partial charge on any atom is -0.381 e. The van der Waals surface area contributed by atoms with Gasteiger partial charge in [0.15, 0.2) is 5.82 Å². The first-order chi connectivity index (χ1) is 13.2. The smallest absolute Gasteiger partial charge is 0.253 e. The molecule has 7 heteroatoms. The van der Waals surface area contributed by atoms with Crippen LogP contribution in [0.4, 0.5) is 0 Å². The van der Waals surface area contributed by atoms with Crippen LogP contribution in [0.3, 0.4) is 0 Å². The fourth-order valence-electron chi connectivity index (χ4n) is 3.77. The van der Waals surface area contributed by atoms with Crippen LogP contribution >= 0.6 is 0 Å². The van der Waals surface area contributed by atoms with E-state index in [4.69, 9.17) is 14.5 Å². The first kappa shape index (κ1) is 17.7. The summed E-state index contributed by atoms with van der Waals surface area (Å²) >= 11 is 0. The lowest BCUT2D eigenvalue weighted by Crippen LogP contribution is -2.29. The second-order valence-corrected chi connectivity index (χ2v) is 7.23. The summed E-state index contributed by atoms with van der Waals surface area (Å²) in [7, 11) is 0. The SMILES string of the molecule is N#Cc1ccc(C(=O)N2CCC(Cc3noc(C4CCOCC4)n3)C2)cc1. The summed E-state index contributed by atoms with van der Waals surface area (Å²) in [4.78, 5) is 19.1. The van der Waals surface area contributed by atoms with E-state index in [1.807, 2.05) is 4.90 Å². The number of nitrogens with zero attached hydrogens (tertiary/aromatic N) is 4. The van der Waals surface area contributed by atoms with Crippen LogP contribution in [-0.4, -0.2) is 47.3 Å². The minimum atomic E-state index is 0.0120. The largest absolute Gasteiger partial charge is 0.381 e. The van der Waals surface area contributed by atoms with Crippen molar-refractivity contribution in [1.82, 2.24) is 15.0 Å². The van der Waals surface area contributed by atoms with Crippen LogP contribution in [0.25, 0.3) is 0 Å². The van der Waals surface area contributed by atoms with Crippen LogP contribution < -0.4 is 0 Å². The van der Waals surface area contributed by atoms with Gasteiger partial charge in [-0.05, 0) is 49.4 Å². The summed E-state index contributed by atoms with van der Waals surface area (Å²) in [6.45, 7) is 2.92. The lowest BCUT2D eigenvalue weighted by Gasteiger charge is -2.18. The highest BCUT2D eigenvalue weighted by molar-refractivity contribution is 5.94. The molecule has 2 aliphatic heterocycles. The van der Waals surface area contributed by atoms with Gasteiger partial charge in [0, 0.05) is 44.2 Å². The molecule has 0 saturated carbocycles. The van der Waals surface area contributed by atoms with Crippen molar-refractivity contribution in [2.75, 3.05) is 26.3 Å². The first-order valence-electron chi connectivity index (χ1n) is 9.42. The lowest BCUT2D eigenvalue weighted by atomic mass is 10.0. The molecular formula is C20H22N4O3. The van der Waals surface area contributed by atoms with Gasteiger partial charge in [-0.3, -0.25) is 4.79 Å². The monoisotopic (exact) mass is 366 g/mol. The van der Waals surface area contributed by atoms with Crippen molar-refractivity contribution in [2.24, 2.45) is 5.92 Å². The third-order valence-corrected chi connectivity index (χ3v) is 5.36. The molecule has 2 saturated heterocycles. The van der Waals surface area contributed by atoms with Crippen LogP contribution in [-0.2, 0) is 11.2 Å². The first-order valence-corrected chi connectivity index (χ1v) is 9.42. The predicted octanol–water partition coefficient (Wildman–Crippen LogP) is 2.54. The number of rotatable bonds is 4. The molecule has 0 N–H and O–H groups in total. The normalized spacial score (nSPS) is 20.6. The van der Waals surface area contributed by atoms with Gasteiger partial charge in [0.25, 0.3) is 5.91 Å². The summed E-state index contributed by atoms with van der Waals surface area (Å²) in [6, 6.07) is 8.86.